The molecule has 0 bridgehead atoms. The molecule has 0 amide bonds. The van der Waals surface area contributed by atoms with Gasteiger partial charge in [0.2, 0.25) is 0 Å². The topological polar surface area (TPSA) is 78.3 Å². The summed E-state index contributed by atoms with van der Waals surface area (Å²) in [5.41, 5.74) is 1.99. The molecule has 80 valence electrons. The van der Waals surface area contributed by atoms with Gasteiger partial charge >= 0.3 is 0 Å². The minimum absolute atomic E-state index is 0.573. The molecule has 0 spiro atoms. The Bertz CT molecular complexity index is 608. The number of allylic oxidation sites excluding steroid dienone is 1. The summed E-state index contributed by atoms with van der Waals surface area (Å²) in [7, 11) is 0. The Labute approximate surface area is 97.9 Å². The molecule has 0 saturated carbocycles. The fourth-order valence-electron chi connectivity index (χ4n) is 1.39. The van der Waals surface area contributed by atoms with Crippen molar-refractivity contribution in [1.82, 2.24) is 14.8 Å². The van der Waals surface area contributed by atoms with E-state index >= 15 is 0 Å². The molecule has 1 heterocycles. The van der Waals surface area contributed by atoms with Crippen LogP contribution in [0.2, 0.25) is 0 Å². The molecule has 0 aliphatic heterocycles. The third-order valence-electron chi connectivity index (χ3n) is 2.18. The third kappa shape index (κ3) is 2.19. The van der Waals surface area contributed by atoms with Gasteiger partial charge in [-0.15, -0.1) is 0 Å². The molecule has 0 saturated heterocycles. The van der Waals surface area contributed by atoms with Crippen molar-refractivity contribution < 1.29 is 0 Å². The molecule has 1 aromatic heterocycles. The van der Waals surface area contributed by atoms with Gasteiger partial charge in [-0.3, -0.25) is 0 Å². The van der Waals surface area contributed by atoms with Crippen LogP contribution in [-0.2, 0) is 0 Å². The summed E-state index contributed by atoms with van der Waals surface area (Å²) in [6.45, 7) is 0. The van der Waals surface area contributed by atoms with Gasteiger partial charge in [-0.1, -0.05) is 12.1 Å². The monoisotopic (exact) mass is 221 g/mol. The van der Waals surface area contributed by atoms with Gasteiger partial charge in [-0.2, -0.15) is 15.6 Å². The van der Waals surface area contributed by atoms with Crippen molar-refractivity contribution in [2.45, 2.75) is 0 Å². The van der Waals surface area contributed by atoms with E-state index in [1.54, 1.807) is 24.3 Å². The van der Waals surface area contributed by atoms with Crippen molar-refractivity contribution in [3.05, 3.63) is 54.1 Å². The van der Waals surface area contributed by atoms with Crippen molar-refractivity contribution in [3.8, 4) is 12.1 Å². The highest BCUT2D eigenvalue weighted by Crippen LogP contribution is 2.15. The molecular weight excluding hydrogens is 214 g/mol. The predicted octanol–water partition coefficient (Wildman–Crippen LogP) is 1.56. The highest BCUT2D eigenvalue weighted by molar-refractivity contribution is 5.67. The first kappa shape index (κ1) is 10.6. The van der Waals surface area contributed by atoms with Crippen molar-refractivity contribution >= 4 is 5.70 Å². The summed E-state index contributed by atoms with van der Waals surface area (Å²) < 4.78 is 1.50. The average Bonchev–Trinajstić information content (AvgIpc) is 2.90. The first-order chi connectivity index (χ1) is 8.35. The van der Waals surface area contributed by atoms with E-state index in [1.807, 2.05) is 12.1 Å². The van der Waals surface area contributed by atoms with Gasteiger partial charge in [0.05, 0.1) is 23.4 Å². The number of nitrogens with zero attached hydrogens (tertiary/aromatic N) is 5. The van der Waals surface area contributed by atoms with Gasteiger partial charge in [0.25, 0.3) is 0 Å². The molecule has 2 rings (SSSR count). The molecular formula is C12H7N5. The van der Waals surface area contributed by atoms with Crippen molar-refractivity contribution in [2.24, 2.45) is 0 Å². The maximum absolute atomic E-state index is 8.76. The normalized spacial score (nSPS) is 10.6. The van der Waals surface area contributed by atoms with Crippen LogP contribution in [0.15, 0.2) is 43.0 Å². The zero-order valence-corrected chi connectivity index (χ0v) is 8.78. The Kier molecular flexibility index (Phi) is 2.95. The fourth-order valence-corrected chi connectivity index (χ4v) is 1.39. The van der Waals surface area contributed by atoms with E-state index in [-0.39, 0.29) is 0 Å². The number of aromatic nitrogens is 3. The van der Waals surface area contributed by atoms with Crippen molar-refractivity contribution in [3.63, 3.8) is 0 Å². The summed E-state index contributed by atoms with van der Waals surface area (Å²) in [5, 5.41) is 21.4. The lowest BCUT2D eigenvalue weighted by atomic mass is 10.1. The molecule has 0 unspecified atom stereocenters. The van der Waals surface area contributed by atoms with Gasteiger partial charge in [0.1, 0.15) is 12.7 Å². The van der Waals surface area contributed by atoms with E-state index in [9.17, 15) is 0 Å². The predicted molar refractivity (Wildman–Crippen MR) is 60.2 cm³/mol. The van der Waals surface area contributed by atoms with Crippen LogP contribution < -0.4 is 0 Å². The van der Waals surface area contributed by atoms with Gasteiger partial charge in [-0.05, 0) is 12.1 Å². The van der Waals surface area contributed by atoms with Crippen molar-refractivity contribution in [1.29, 1.82) is 10.5 Å². The Morgan fingerprint density at radius 3 is 2.53 bits per heavy atom. The quantitative estimate of drug-likeness (QED) is 0.721. The Morgan fingerprint density at radius 1 is 1.24 bits per heavy atom. The lowest BCUT2D eigenvalue weighted by Gasteiger charge is -2.05. The molecule has 5 heteroatoms. The van der Waals surface area contributed by atoms with E-state index < -0.39 is 0 Å². The van der Waals surface area contributed by atoms with E-state index in [4.69, 9.17) is 10.5 Å². The number of hydrogen-bond donors (Lipinski definition) is 0. The molecule has 0 aliphatic carbocycles. The van der Waals surface area contributed by atoms with E-state index in [0.29, 0.717) is 11.3 Å². The second-order valence-corrected chi connectivity index (χ2v) is 3.19. The molecule has 17 heavy (non-hydrogen) atoms. The lowest BCUT2D eigenvalue weighted by Crippen LogP contribution is -1.99. The smallest absolute Gasteiger partial charge is 0.138 e. The van der Waals surface area contributed by atoms with E-state index in [0.717, 1.165) is 5.56 Å². The van der Waals surface area contributed by atoms with Crippen LogP contribution in [0.4, 0.5) is 0 Å². The second-order valence-electron chi connectivity index (χ2n) is 3.19. The first-order valence-electron chi connectivity index (χ1n) is 4.80. The van der Waals surface area contributed by atoms with Crippen LogP contribution in [0.25, 0.3) is 5.70 Å². The number of benzene rings is 1. The van der Waals surface area contributed by atoms with Crippen molar-refractivity contribution in [2.75, 3.05) is 0 Å². The Balaban J connectivity index is 2.45. The molecule has 1 aromatic carbocycles. The third-order valence-corrected chi connectivity index (χ3v) is 2.18. The Hall–Kier alpha value is -2.92. The standard InChI is InChI=1S/C12H7N5/c13-6-5-12(17-9-15-8-16-17)11-3-1-10(7-14)2-4-11/h1-5,8-9H. The minimum atomic E-state index is 0.573. The summed E-state index contributed by atoms with van der Waals surface area (Å²) in [4.78, 5) is 3.83. The maximum Gasteiger partial charge on any atom is 0.138 e. The molecule has 5 nitrogen and oxygen atoms in total. The Morgan fingerprint density at radius 2 is 2.00 bits per heavy atom. The van der Waals surface area contributed by atoms with Crippen LogP contribution in [0.1, 0.15) is 11.1 Å². The molecule has 2 aromatic rings. The largest absolute Gasteiger partial charge is 0.223 e. The highest BCUT2D eigenvalue weighted by atomic mass is 15.3. The highest BCUT2D eigenvalue weighted by Gasteiger charge is 2.04. The van der Waals surface area contributed by atoms with Gasteiger partial charge in [0, 0.05) is 11.6 Å². The molecule has 0 aliphatic rings. The summed E-state index contributed by atoms with van der Waals surface area (Å²) >= 11 is 0. The maximum atomic E-state index is 8.76. The summed E-state index contributed by atoms with van der Waals surface area (Å²) in [6, 6.07) is 10.9. The van der Waals surface area contributed by atoms with Crippen LogP contribution in [0.3, 0.4) is 0 Å². The lowest BCUT2D eigenvalue weighted by molar-refractivity contribution is 0.903. The number of nitriles is 2. The number of rotatable bonds is 2. The fraction of sp³-hybridized carbons (Fsp3) is 0. The zero-order chi connectivity index (χ0) is 12.1. The summed E-state index contributed by atoms with van der Waals surface area (Å²) in [6.07, 6.45) is 4.30. The van der Waals surface area contributed by atoms with Crippen LogP contribution >= 0.6 is 0 Å². The molecule has 0 N–H and O–H groups in total. The van der Waals surface area contributed by atoms with E-state index in [1.165, 1.54) is 23.4 Å². The SMILES string of the molecule is N#CC=C(c1ccc(C#N)cc1)n1cncn1. The minimum Gasteiger partial charge on any atom is -0.223 e. The molecule has 0 radical (unpaired) electrons. The van der Waals surface area contributed by atoms with Crippen LogP contribution in [-0.4, -0.2) is 14.8 Å². The van der Waals surface area contributed by atoms with E-state index in [2.05, 4.69) is 10.1 Å². The van der Waals surface area contributed by atoms with Gasteiger partial charge in [-0.25, -0.2) is 9.67 Å². The van der Waals surface area contributed by atoms with Gasteiger partial charge < -0.3 is 0 Å². The number of hydrogen-bond acceptors (Lipinski definition) is 4. The zero-order valence-electron chi connectivity index (χ0n) is 8.78. The van der Waals surface area contributed by atoms with Crippen LogP contribution in [0, 0.1) is 22.7 Å². The molecule has 0 fully saturated rings. The summed E-state index contributed by atoms with van der Waals surface area (Å²) in [5.74, 6) is 0. The van der Waals surface area contributed by atoms with Crippen LogP contribution in [0.5, 0.6) is 0 Å². The first-order valence-corrected chi connectivity index (χ1v) is 4.80. The molecule has 0 atom stereocenters. The average molecular weight is 221 g/mol. The second kappa shape index (κ2) is 4.73. The van der Waals surface area contributed by atoms with Gasteiger partial charge in [0.15, 0.2) is 0 Å².